The molecule has 0 unspecified atom stereocenters. The molecule has 0 radical (unpaired) electrons. The van der Waals surface area contributed by atoms with Crippen molar-refractivity contribution in [2.45, 2.75) is 32.2 Å². The van der Waals surface area contributed by atoms with Gasteiger partial charge < -0.3 is 24.8 Å². The topological polar surface area (TPSA) is 101 Å². The van der Waals surface area contributed by atoms with Crippen molar-refractivity contribution < 1.29 is 14.2 Å². The van der Waals surface area contributed by atoms with E-state index in [1.54, 1.807) is 0 Å². The Balaban J connectivity index is 1.24. The van der Waals surface area contributed by atoms with E-state index in [4.69, 9.17) is 25.0 Å². The van der Waals surface area contributed by atoms with Crippen LogP contribution in [0.25, 0.3) is 22.3 Å². The Hall–Kier alpha value is -3.53. The van der Waals surface area contributed by atoms with Crippen LogP contribution in [0.3, 0.4) is 0 Å². The summed E-state index contributed by atoms with van der Waals surface area (Å²) in [5.74, 6) is 2.00. The third-order valence-corrected chi connectivity index (χ3v) is 6.80. The molecule has 1 fully saturated rings. The number of nitrogens with two attached hydrogens (primary N) is 1. The number of rotatable bonds is 12. The first-order chi connectivity index (χ1) is 18.7. The third-order valence-electron chi connectivity index (χ3n) is 6.80. The van der Waals surface area contributed by atoms with Gasteiger partial charge in [-0.3, -0.25) is 0 Å². The van der Waals surface area contributed by atoms with Crippen molar-refractivity contribution in [3.8, 4) is 22.8 Å². The molecule has 4 aromatic rings. The van der Waals surface area contributed by atoms with Crippen molar-refractivity contribution in [1.29, 1.82) is 0 Å². The molecule has 2 aromatic carbocycles. The number of hydrogen-bond acceptors (Lipinski definition) is 8. The quantitative estimate of drug-likeness (QED) is 0.264. The number of benzene rings is 2. The highest BCUT2D eigenvalue weighted by molar-refractivity contribution is 5.98. The second kappa shape index (κ2) is 12.8. The van der Waals surface area contributed by atoms with Crippen LogP contribution in [0.2, 0.25) is 0 Å². The number of ether oxygens (including phenoxy) is 3. The van der Waals surface area contributed by atoms with Crippen LogP contribution < -0.4 is 10.5 Å². The summed E-state index contributed by atoms with van der Waals surface area (Å²) in [5, 5.41) is 5.83. The fraction of sp³-hybridized carbons (Fsp3) is 0.414. The molecule has 2 N–H and O–H groups in total. The number of nitrogen functional groups attached to an aromatic ring is 1. The van der Waals surface area contributed by atoms with Gasteiger partial charge in [0.2, 0.25) is 0 Å². The normalized spacial score (nSPS) is 14.8. The van der Waals surface area contributed by atoms with Crippen LogP contribution in [-0.2, 0) is 9.47 Å². The standard InChI is InChI=1S/C29H36N6O3/c1-2-17-36-19-20-37-18-16-34-14-12-23(13-15-34)35-29-26(28(30)31-21-32-29)27(33-35)22-8-10-25(11-9-22)38-24-6-4-3-5-7-24/h3-11,21,23H,2,12-20H2,1H3,(H2,30,31,32). The molecule has 0 amide bonds. The highest BCUT2D eigenvalue weighted by Gasteiger charge is 2.26. The lowest BCUT2D eigenvalue weighted by molar-refractivity contribution is 0.0349. The number of piperidine rings is 1. The lowest BCUT2D eigenvalue weighted by atomic mass is 10.1. The maximum atomic E-state index is 6.34. The Labute approximate surface area is 223 Å². The van der Waals surface area contributed by atoms with E-state index in [1.165, 1.54) is 6.33 Å². The molecule has 0 spiro atoms. The molecule has 9 nitrogen and oxygen atoms in total. The fourth-order valence-corrected chi connectivity index (χ4v) is 4.81. The first kappa shape index (κ1) is 26.1. The van der Waals surface area contributed by atoms with Gasteiger partial charge in [-0.15, -0.1) is 0 Å². The summed E-state index contributed by atoms with van der Waals surface area (Å²) in [7, 11) is 0. The van der Waals surface area contributed by atoms with E-state index in [9.17, 15) is 0 Å². The molecule has 3 heterocycles. The molecule has 200 valence electrons. The van der Waals surface area contributed by atoms with E-state index >= 15 is 0 Å². The maximum absolute atomic E-state index is 6.34. The first-order valence-corrected chi connectivity index (χ1v) is 13.4. The second-order valence-electron chi connectivity index (χ2n) is 9.49. The van der Waals surface area contributed by atoms with Crippen LogP contribution >= 0.6 is 0 Å². The van der Waals surface area contributed by atoms with Gasteiger partial charge in [-0.25, -0.2) is 14.6 Å². The molecule has 38 heavy (non-hydrogen) atoms. The number of fused-ring (bicyclic) bond motifs is 1. The van der Waals surface area contributed by atoms with Crippen molar-refractivity contribution in [1.82, 2.24) is 24.6 Å². The summed E-state index contributed by atoms with van der Waals surface area (Å²) in [5.41, 5.74) is 8.87. The number of likely N-dealkylation sites (tertiary alicyclic amines) is 1. The van der Waals surface area contributed by atoms with Gasteiger partial charge in [0.05, 0.1) is 31.2 Å². The van der Waals surface area contributed by atoms with E-state index in [0.29, 0.717) is 19.0 Å². The van der Waals surface area contributed by atoms with Gasteiger partial charge in [-0.05, 0) is 55.7 Å². The third kappa shape index (κ3) is 6.30. The van der Waals surface area contributed by atoms with Crippen molar-refractivity contribution in [3.63, 3.8) is 0 Å². The Bertz CT molecular complexity index is 1290. The average molecular weight is 517 g/mol. The molecule has 1 aliphatic heterocycles. The predicted molar refractivity (Wildman–Crippen MR) is 148 cm³/mol. The minimum absolute atomic E-state index is 0.251. The van der Waals surface area contributed by atoms with Gasteiger partial charge in [-0.1, -0.05) is 25.1 Å². The van der Waals surface area contributed by atoms with E-state index in [1.807, 2.05) is 54.6 Å². The van der Waals surface area contributed by atoms with E-state index < -0.39 is 0 Å². The summed E-state index contributed by atoms with van der Waals surface area (Å²) in [6.45, 7) is 7.86. The van der Waals surface area contributed by atoms with Crippen LogP contribution in [0.1, 0.15) is 32.2 Å². The Morgan fingerprint density at radius 3 is 2.32 bits per heavy atom. The average Bonchev–Trinajstić information content (AvgIpc) is 3.35. The molecule has 0 bridgehead atoms. The van der Waals surface area contributed by atoms with Gasteiger partial charge >= 0.3 is 0 Å². The summed E-state index contributed by atoms with van der Waals surface area (Å²) >= 11 is 0. The molecular formula is C29H36N6O3. The van der Waals surface area contributed by atoms with Crippen LogP contribution in [-0.4, -0.2) is 70.7 Å². The minimum Gasteiger partial charge on any atom is -0.457 e. The summed E-state index contributed by atoms with van der Waals surface area (Å²) in [6, 6.07) is 17.9. The zero-order chi connectivity index (χ0) is 26.2. The predicted octanol–water partition coefficient (Wildman–Crippen LogP) is 4.95. The van der Waals surface area contributed by atoms with Crippen molar-refractivity contribution >= 4 is 16.9 Å². The molecule has 1 saturated heterocycles. The van der Waals surface area contributed by atoms with Crippen LogP contribution in [0.15, 0.2) is 60.9 Å². The lowest BCUT2D eigenvalue weighted by Crippen LogP contribution is -2.37. The number of aromatic nitrogens is 4. The number of hydrogen-bond donors (Lipinski definition) is 1. The highest BCUT2D eigenvalue weighted by Crippen LogP contribution is 2.35. The number of nitrogens with zero attached hydrogens (tertiary/aromatic N) is 5. The summed E-state index contributed by atoms with van der Waals surface area (Å²) < 4.78 is 19.2. The van der Waals surface area contributed by atoms with Crippen molar-refractivity contribution in [3.05, 3.63) is 60.9 Å². The Morgan fingerprint density at radius 1 is 0.868 bits per heavy atom. The maximum Gasteiger partial charge on any atom is 0.164 e. The fourth-order valence-electron chi connectivity index (χ4n) is 4.81. The van der Waals surface area contributed by atoms with Gasteiger partial charge in [0, 0.05) is 31.8 Å². The smallest absolute Gasteiger partial charge is 0.164 e. The second-order valence-corrected chi connectivity index (χ2v) is 9.49. The molecular weight excluding hydrogens is 480 g/mol. The van der Waals surface area contributed by atoms with Crippen LogP contribution in [0.4, 0.5) is 5.82 Å². The largest absolute Gasteiger partial charge is 0.457 e. The summed E-state index contributed by atoms with van der Waals surface area (Å²) in [4.78, 5) is 11.3. The molecule has 9 heteroatoms. The van der Waals surface area contributed by atoms with E-state index in [-0.39, 0.29) is 6.04 Å². The summed E-state index contributed by atoms with van der Waals surface area (Å²) in [6.07, 6.45) is 4.54. The van der Waals surface area contributed by atoms with E-state index in [0.717, 1.165) is 85.9 Å². The number of anilines is 1. The van der Waals surface area contributed by atoms with Gasteiger partial charge in [-0.2, -0.15) is 5.10 Å². The zero-order valence-electron chi connectivity index (χ0n) is 22.0. The molecule has 0 atom stereocenters. The zero-order valence-corrected chi connectivity index (χ0v) is 22.0. The lowest BCUT2D eigenvalue weighted by Gasteiger charge is -2.32. The SMILES string of the molecule is CCCOCCOCCN1CCC(n2nc(-c3ccc(Oc4ccccc4)cc3)c3c(N)ncnc32)CC1. The molecule has 1 aliphatic rings. The van der Waals surface area contributed by atoms with Gasteiger partial charge in [0.25, 0.3) is 0 Å². The highest BCUT2D eigenvalue weighted by atomic mass is 16.5. The minimum atomic E-state index is 0.251. The monoisotopic (exact) mass is 516 g/mol. The van der Waals surface area contributed by atoms with Crippen molar-refractivity contribution in [2.75, 3.05) is 51.8 Å². The molecule has 2 aromatic heterocycles. The van der Waals surface area contributed by atoms with Crippen LogP contribution in [0.5, 0.6) is 11.5 Å². The van der Waals surface area contributed by atoms with Crippen molar-refractivity contribution in [2.24, 2.45) is 0 Å². The Kier molecular flexibility index (Phi) is 8.80. The Morgan fingerprint density at radius 2 is 1.58 bits per heavy atom. The first-order valence-electron chi connectivity index (χ1n) is 13.4. The van der Waals surface area contributed by atoms with Gasteiger partial charge in [0.1, 0.15) is 29.3 Å². The molecule has 5 rings (SSSR count). The van der Waals surface area contributed by atoms with E-state index in [2.05, 4.69) is 26.5 Å². The molecule has 0 saturated carbocycles. The van der Waals surface area contributed by atoms with Crippen LogP contribution in [0, 0.1) is 0 Å². The molecule has 0 aliphatic carbocycles. The number of para-hydroxylation sites is 1. The van der Waals surface area contributed by atoms with Gasteiger partial charge in [0.15, 0.2) is 5.65 Å².